The Labute approximate surface area is 80.7 Å². The zero-order chi connectivity index (χ0) is 8.97. The van der Waals surface area contributed by atoms with Gasteiger partial charge in [-0.2, -0.15) is 0 Å². The number of aryl methyl sites for hydroxylation is 1. The first-order chi connectivity index (χ1) is 5.74. The van der Waals surface area contributed by atoms with Gasteiger partial charge in [0.1, 0.15) is 0 Å². The Balaban J connectivity index is 2.69. The molecule has 0 atom stereocenters. The second-order valence-corrected chi connectivity index (χ2v) is 3.41. The summed E-state index contributed by atoms with van der Waals surface area (Å²) in [6.45, 7) is 4.97. The maximum absolute atomic E-state index is 4.24. The average molecular weight is 230 g/mol. The standard InChI is InChI=1S/C8H12BrN3/c1-3-4-10-8-11-5-7(9)6(2)12-8/h5H,3-4H2,1-2H3,(H,10,11,12). The van der Waals surface area contributed by atoms with Gasteiger partial charge in [0, 0.05) is 12.7 Å². The summed E-state index contributed by atoms with van der Waals surface area (Å²) in [5, 5.41) is 3.12. The summed E-state index contributed by atoms with van der Waals surface area (Å²) in [5.74, 6) is 0.706. The van der Waals surface area contributed by atoms with Crippen LogP contribution in [0.25, 0.3) is 0 Å². The smallest absolute Gasteiger partial charge is 0.222 e. The Morgan fingerprint density at radius 1 is 1.58 bits per heavy atom. The van der Waals surface area contributed by atoms with E-state index in [1.807, 2.05) is 6.92 Å². The second kappa shape index (κ2) is 4.40. The highest BCUT2D eigenvalue weighted by atomic mass is 79.9. The van der Waals surface area contributed by atoms with Crippen molar-refractivity contribution in [1.29, 1.82) is 0 Å². The van der Waals surface area contributed by atoms with Crippen molar-refractivity contribution in [3.63, 3.8) is 0 Å². The molecule has 0 unspecified atom stereocenters. The Morgan fingerprint density at radius 3 is 2.92 bits per heavy atom. The SMILES string of the molecule is CCCNc1ncc(Br)c(C)n1. The van der Waals surface area contributed by atoms with Crippen molar-refractivity contribution >= 4 is 21.9 Å². The van der Waals surface area contributed by atoms with E-state index < -0.39 is 0 Å². The fraction of sp³-hybridized carbons (Fsp3) is 0.500. The van der Waals surface area contributed by atoms with E-state index in [9.17, 15) is 0 Å². The number of rotatable bonds is 3. The van der Waals surface area contributed by atoms with Crippen LogP contribution in [0.2, 0.25) is 0 Å². The molecule has 1 aromatic rings. The molecule has 66 valence electrons. The lowest BCUT2D eigenvalue weighted by molar-refractivity contribution is 0.943. The lowest BCUT2D eigenvalue weighted by Gasteiger charge is -2.03. The molecule has 1 rings (SSSR count). The first-order valence-electron chi connectivity index (χ1n) is 3.97. The molecule has 0 amide bonds. The quantitative estimate of drug-likeness (QED) is 0.866. The number of nitrogens with one attached hydrogen (secondary N) is 1. The molecule has 3 nitrogen and oxygen atoms in total. The number of aromatic nitrogens is 2. The van der Waals surface area contributed by atoms with Crippen LogP contribution in [-0.2, 0) is 0 Å². The molecule has 0 spiro atoms. The first-order valence-corrected chi connectivity index (χ1v) is 4.76. The molecule has 12 heavy (non-hydrogen) atoms. The topological polar surface area (TPSA) is 37.8 Å². The van der Waals surface area contributed by atoms with Crippen molar-refractivity contribution in [2.24, 2.45) is 0 Å². The van der Waals surface area contributed by atoms with Gasteiger partial charge in [0.2, 0.25) is 5.95 Å². The second-order valence-electron chi connectivity index (χ2n) is 2.55. The molecule has 0 aliphatic carbocycles. The average Bonchev–Trinajstić information content (AvgIpc) is 2.07. The van der Waals surface area contributed by atoms with Gasteiger partial charge in [-0.1, -0.05) is 6.92 Å². The van der Waals surface area contributed by atoms with Crippen LogP contribution in [0.1, 0.15) is 19.0 Å². The maximum atomic E-state index is 4.24. The molecule has 1 aromatic heterocycles. The van der Waals surface area contributed by atoms with E-state index >= 15 is 0 Å². The molecule has 0 bridgehead atoms. The lowest BCUT2D eigenvalue weighted by atomic mass is 10.4. The summed E-state index contributed by atoms with van der Waals surface area (Å²) in [6.07, 6.45) is 2.85. The van der Waals surface area contributed by atoms with Gasteiger partial charge < -0.3 is 5.32 Å². The van der Waals surface area contributed by atoms with Gasteiger partial charge in [0.25, 0.3) is 0 Å². The zero-order valence-electron chi connectivity index (χ0n) is 7.26. The number of hydrogen-bond donors (Lipinski definition) is 1. The normalized spacial score (nSPS) is 9.92. The van der Waals surface area contributed by atoms with Gasteiger partial charge in [0.05, 0.1) is 10.2 Å². The third-order valence-corrected chi connectivity index (χ3v) is 2.23. The molecule has 0 saturated carbocycles. The zero-order valence-corrected chi connectivity index (χ0v) is 8.85. The molecule has 0 aromatic carbocycles. The van der Waals surface area contributed by atoms with E-state index in [1.165, 1.54) is 0 Å². The molecule has 0 saturated heterocycles. The largest absolute Gasteiger partial charge is 0.354 e. The van der Waals surface area contributed by atoms with E-state index in [0.29, 0.717) is 5.95 Å². The van der Waals surface area contributed by atoms with Crippen molar-refractivity contribution < 1.29 is 0 Å². The minimum atomic E-state index is 0.706. The summed E-state index contributed by atoms with van der Waals surface area (Å²) in [5.41, 5.74) is 0.962. The Bertz CT molecular complexity index is 262. The minimum Gasteiger partial charge on any atom is -0.354 e. The summed E-state index contributed by atoms with van der Waals surface area (Å²) < 4.78 is 0.949. The van der Waals surface area contributed by atoms with E-state index in [2.05, 4.69) is 38.1 Å². The minimum absolute atomic E-state index is 0.706. The highest BCUT2D eigenvalue weighted by Crippen LogP contribution is 2.12. The van der Waals surface area contributed by atoms with Gasteiger partial charge in [-0.25, -0.2) is 9.97 Å². The molecular formula is C8H12BrN3. The number of anilines is 1. The van der Waals surface area contributed by atoms with E-state index in [-0.39, 0.29) is 0 Å². The predicted molar refractivity (Wildman–Crippen MR) is 53.2 cm³/mol. The molecule has 0 radical (unpaired) electrons. The molecule has 1 N–H and O–H groups in total. The Kier molecular flexibility index (Phi) is 3.47. The molecule has 0 aliphatic heterocycles. The van der Waals surface area contributed by atoms with Crippen molar-refractivity contribution in [2.45, 2.75) is 20.3 Å². The molecule has 4 heteroatoms. The van der Waals surface area contributed by atoms with Crippen LogP contribution in [0.3, 0.4) is 0 Å². The molecule has 1 heterocycles. The summed E-state index contributed by atoms with van der Waals surface area (Å²) in [4.78, 5) is 8.35. The van der Waals surface area contributed by atoms with Crippen LogP contribution in [0, 0.1) is 6.92 Å². The summed E-state index contributed by atoms with van der Waals surface area (Å²) >= 11 is 3.34. The highest BCUT2D eigenvalue weighted by Gasteiger charge is 1.98. The van der Waals surface area contributed by atoms with Crippen molar-refractivity contribution in [1.82, 2.24) is 9.97 Å². The van der Waals surface area contributed by atoms with Gasteiger partial charge in [-0.05, 0) is 29.3 Å². The lowest BCUT2D eigenvalue weighted by Crippen LogP contribution is -2.04. The molecule has 0 fully saturated rings. The highest BCUT2D eigenvalue weighted by molar-refractivity contribution is 9.10. The van der Waals surface area contributed by atoms with E-state index in [0.717, 1.165) is 23.1 Å². The van der Waals surface area contributed by atoms with Crippen LogP contribution in [0.5, 0.6) is 0 Å². The van der Waals surface area contributed by atoms with Crippen LogP contribution in [0.15, 0.2) is 10.7 Å². The first kappa shape index (κ1) is 9.45. The third kappa shape index (κ3) is 2.44. The summed E-state index contributed by atoms with van der Waals surface area (Å²) in [6, 6.07) is 0. The number of nitrogens with zero attached hydrogens (tertiary/aromatic N) is 2. The number of hydrogen-bond acceptors (Lipinski definition) is 3. The van der Waals surface area contributed by atoms with Crippen molar-refractivity contribution in [2.75, 3.05) is 11.9 Å². The fourth-order valence-electron chi connectivity index (χ4n) is 0.774. The van der Waals surface area contributed by atoms with Crippen LogP contribution >= 0.6 is 15.9 Å². The molecule has 0 aliphatic rings. The predicted octanol–water partition coefficient (Wildman–Crippen LogP) is 2.37. The van der Waals surface area contributed by atoms with Gasteiger partial charge in [-0.3, -0.25) is 0 Å². The van der Waals surface area contributed by atoms with Gasteiger partial charge in [0.15, 0.2) is 0 Å². The van der Waals surface area contributed by atoms with Crippen molar-refractivity contribution in [3.8, 4) is 0 Å². The Morgan fingerprint density at radius 2 is 2.33 bits per heavy atom. The van der Waals surface area contributed by atoms with Crippen LogP contribution in [-0.4, -0.2) is 16.5 Å². The van der Waals surface area contributed by atoms with Gasteiger partial charge in [-0.15, -0.1) is 0 Å². The van der Waals surface area contributed by atoms with Gasteiger partial charge >= 0.3 is 0 Å². The maximum Gasteiger partial charge on any atom is 0.222 e. The van der Waals surface area contributed by atoms with E-state index in [1.54, 1.807) is 6.20 Å². The van der Waals surface area contributed by atoms with Crippen LogP contribution in [0.4, 0.5) is 5.95 Å². The Hall–Kier alpha value is -0.640. The summed E-state index contributed by atoms with van der Waals surface area (Å²) in [7, 11) is 0. The van der Waals surface area contributed by atoms with Crippen molar-refractivity contribution in [3.05, 3.63) is 16.4 Å². The third-order valence-electron chi connectivity index (χ3n) is 1.45. The van der Waals surface area contributed by atoms with E-state index in [4.69, 9.17) is 0 Å². The molecular weight excluding hydrogens is 218 g/mol. The number of halogens is 1. The fourth-order valence-corrected chi connectivity index (χ4v) is 0.965. The monoisotopic (exact) mass is 229 g/mol. The van der Waals surface area contributed by atoms with Crippen LogP contribution < -0.4 is 5.32 Å².